The number of amides is 3. The molecule has 2 aromatic rings. The number of hydrogen-bond acceptors (Lipinski definition) is 6. The molecule has 1 atom stereocenters. The van der Waals surface area contributed by atoms with Crippen LogP contribution in [0.3, 0.4) is 0 Å². The van der Waals surface area contributed by atoms with Crippen LogP contribution in [0, 0.1) is 6.92 Å². The second-order valence-corrected chi connectivity index (χ2v) is 9.47. The van der Waals surface area contributed by atoms with E-state index in [-0.39, 0.29) is 18.7 Å². The van der Waals surface area contributed by atoms with Crippen LogP contribution in [0.2, 0.25) is 0 Å². The zero-order valence-electron chi connectivity index (χ0n) is 14.4. The number of hydrogen-bond donors (Lipinski definition) is 1. The van der Waals surface area contributed by atoms with Crippen molar-refractivity contribution in [2.45, 2.75) is 25.9 Å². The Bertz CT molecular complexity index is 935. The number of carbonyl (C=O) groups excluding carboxylic acids is 2. The van der Waals surface area contributed by atoms with Gasteiger partial charge in [0, 0.05) is 17.2 Å². The summed E-state index contributed by atoms with van der Waals surface area (Å²) < 4.78 is 22.5. The molecule has 7 nitrogen and oxygen atoms in total. The van der Waals surface area contributed by atoms with Gasteiger partial charge in [-0.2, -0.15) is 0 Å². The van der Waals surface area contributed by atoms with Crippen molar-refractivity contribution in [1.29, 1.82) is 0 Å². The maximum atomic E-state index is 12.4. The van der Waals surface area contributed by atoms with Crippen molar-refractivity contribution < 1.29 is 18.0 Å². The highest BCUT2D eigenvalue weighted by Gasteiger charge is 2.38. The van der Waals surface area contributed by atoms with Crippen LogP contribution in [-0.2, 0) is 21.2 Å². The Hall–Kier alpha value is -2.26. The fraction of sp³-hybridized carbons (Fsp3) is 0.353. The minimum atomic E-state index is -3.19. The Balaban J connectivity index is 1.68. The molecule has 1 aromatic carbocycles. The number of sulfone groups is 1. The molecular weight excluding hydrogens is 374 g/mol. The van der Waals surface area contributed by atoms with Crippen molar-refractivity contribution in [3.8, 4) is 10.6 Å². The smallest absolute Gasteiger partial charge is 0.325 e. The van der Waals surface area contributed by atoms with Crippen molar-refractivity contribution in [3.63, 3.8) is 0 Å². The van der Waals surface area contributed by atoms with E-state index < -0.39 is 27.8 Å². The molecule has 138 valence electrons. The molecule has 1 saturated heterocycles. The quantitative estimate of drug-likeness (QED) is 0.757. The van der Waals surface area contributed by atoms with Crippen molar-refractivity contribution >= 4 is 33.1 Å². The number of aryl methyl sites for hydroxylation is 1. The van der Waals surface area contributed by atoms with Gasteiger partial charge < -0.3 is 5.32 Å². The van der Waals surface area contributed by atoms with E-state index in [1.54, 1.807) is 0 Å². The molecule has 1 aliphatic rings. The van der Waals surface area contributed by atoms with Crippen molar-refractivity contribution in [2.24, 2.45) is 0 Å². The van der Waals surface area contributed by atoms with Crippen molar-refractivity contribution in [2.75, 3.05) is 12.0 Å². The summed E-state index contributed by atoms with van der Waals surface area (Å²) in [5, 5.41) is 5.18. The maximum absolute atomic E-state index is 12.4. The SMILES string of the molecule is Cc1ccc(-c2nc(CN3C(=O)N[C@H](CCS(C)(=O)=O)C3=O)cs2)cc1. The number of imide groups is 1. The summed E-state index contributed by atoms with van der Waals surface area (Å²) in [6.45, 7) is 2.08. The highest BCUT2D eigenvalue weighted by Crippen LogP contribution is 2.25. The highest BCUT2D eigenvalue weighted by atomic mass is 32.2. The molecule has 1 fully saturated rings. The second kappa shape index (κ2) is 7.16. The predicted molar refractivity (Wildman–Crippen MR) is 99.5 cm³/mol. The fourth-order valence-corrected chi connectivity index (χ4v) is 4.11. The lowest BCUT2D eigenvalue weighted by Gasteiger charge is -2.11. The molecule has 0 saturated carbocycles. The average molecular weight is 393 g/mol. The van der Waals surface area contributed by atoms with Gasteiger partial charge in [-0.15, -0.1) is 11.3 Å². The fourth-order valence-electron chi connectivity index (χ4n) is 2.62. The molecule has 0 radical (unpaired) electrons. The van der Waals surface area contributed by atoms with Crippen molar-refractivity contribution in [1.82, 2.24) is 15.2 Å². The highest BCUT2D eigenvalue weighted by molar-refractivity contribution is 7.90. The molecule has 1 aromatic heterocycles. The van der Waals surface area contributed by atoms with Crippen LogP contribution in [0.1, 0.15) is 17.7 Å². The van der Waals surface area contributed by atoms with Crippen LogP contribution in [0.4, 0.5) is 4.79 Å². The van der Waals surface area contributed by atoms with Gasteiger partial charge in [0.2, 0.25) is 0 Å². The van der Waals surface area contributed by atoms with Gasteiger partial charge >= 0.3 is 6.03 Å². The van der Waals surface area contributed by atoms with Crippen LogP contribution in [0.15, 0.2) is 29.6 Å². The van der Waals surface area contributed by atoms with E-state index >= 15 is 0 Å². The first-order valence-electron chi connectivity index (χ1n) is 8.04. The molecule has 1 N–H and O–H groups in total. The molecule has 0 spiro atoms. The third-order valence-electron chi connectivity index (χ3n) is 4.05. The normalized spacial score (nSPS) is 17.6. The minimum Gasteiger partial charge on any atom is -0.326 e. The van der Waals surface area contributed by atoms with Gasteiger partial charge in [-0.1, -0.05) is 29.8 Å². The van der Waals surface area contributed by atoms with Crippen molar-refractivity contribution in [3.05, 3.63) is 40.9 Å². The average Bonchev–Trinajstić information content (AvgIpc) is 3.13. The third kappa shape index (κ3) is 4.28. The van der Waals surface area contributed by atoms with Crippen LogP contribution in [0.25, 0.3) is 10.6 Å². The Labute approximate surface area is 156 Å². The number of nitrogens with one attached hydrogen (secondary N) is 1. The minimum absolute atomic E-state index is 0.0718. The lowest BCUT2D eigenvalue weighted by atomic mass is 10.2. The van der Waals surface area contributed by atoms with E-state index in [1.807, 2.05) is 36.6 Å². The number of rotatable bonds is 6. The Morgan fingerprint density at radius 2 is 1.92 bits per heavy atom. The molecule has 0 bridgehead atoms. The third-order valence-corrected chi connectivity index (χ3v) is 5.97. The number of thiazole rings is 1. The first kappa shape index (κ1) is 18.5. The first-order chi connectivity index (χ1) is 12.2. The van der Waals surface area contributed by atoms with Gasteiger partial charge in [-0.05, 0) is 13.3 Å². The summed E-state index contributed by atoms with van der Waals surface area (Å²) in [5.74, 6) is -0.560. The first-order valence-corrected chi connectivity index (χ1v) is 11.0. The van der Waals surface area contributed by atoms with Gasteiger partial charge in [-0.3, -0.25) is 9.69 Å². The van der Waals surface area contributed by atoms with Crippen LogP contribution in [-0.4, -0.2) is 48.3 Å². The van der Waals surface area contributed by atoms with E-state index in [1.165, 1.54) is 11.3 Å². The molecular formula is C17H19N3O4S2. The summed E-state index contributed by atoms with van der Waals surface area (Å²) in [5.41, 5.74) is 2.76. The number of benzene rings is 1. The summed E-state index contributed by atoms with van der Waals surface area (Å²) in [6, 6.07) is 6.64. The second-order valence-electron chi connectivity index (χ2n) is 6.36. The lowest BCUT2D eigenvalue weighted by Crippen LogP contribution is -2.32. The summed E-state index contributed by atoms with van der Waals surface area (Å²) in [7, 11) is -3.19. The molecule has 2 heterocycles. The van der Waals surface area contributed by atoms with Crippen LogP contribution < -0.4 is 5.32 Å². The van der Waals surface area contributed by atoms with Gasteiger partial charge in [0.25, 0.3) is 5.91 Å². The summed E-state index contributed by atoms with van der Waals surface area (Å²) in [4.78, 5) is 30.0. The Morgan fingerprint density at radius 3 is 2.58 bits per heavy atom. The number of carbonyl (C=O) groups is 2. The van der Waals surface area contributed by atoms with Gasteiger partial charge in [0.15, 0.2) is 0 Å². The van der Waals surface area contributed by atoms with Crippen LogP contribution >= 0.6 is 11.3 Å². The van der Waals surface area contributed by atoms with E-state index in [2.05, 4.69) is 10.3 Å². The number of nitrogens with zero attached hydrogens (tertiary/aromatic N) is 2. The topological polar surface area (TPSA) is 96.4 Å². The molecule has 0 unspecified atom stereocenters. The van der Waals surface area contributed by atoms with Gasteiger partial charge in [0.1, 0.15) is 20.9 Å². The maximum Gasteiger partial charge on any atom is 0.325 e. The van der Waals surface area contributed by atoms with E-state index in [0.29, 0.717) is 5.69 Å². The molecule has 3 rings (SSSR count). The summed E-state index contributed by atoms with van der Waals surface area (Å²) in [6.07, 6.45) is 1.18. The zero-order chi connectivity index (χ0) is 18.9. The molecule has 9 heteroatoms. The standard InChI is InChI=1S/C17H19N3O4S2/c1-11-3-5-12(6-4-11)15-18-13(10-25-15)9-20-16(21)14(19-17(20)22)7-8-26(2,23)24/h3-6,10,14H,7-9H2,1-2H3,(H,19,22)/t14-/m1/s1. The Kier molecular flexibility index (Phi) is 5.10. The molecule has 0 aliphatic carbocycles. The van der Waals surface area contributed by atoms with Crippen LogP contribution in [0.5, 0.6) is 0 Å². The van der Waals surface area contributed by atoms with E-state index in [0.717, 1.165) is 27.3 Å². The zero-order valence-corrected chi connectivity index (χ0v) is 16.1. The monoisotopic (exact) mass is 393 g/mol. The van der Waals surface area contributed by atoms with E-state index in [4.69, 9.17) is 0 Å². The number of aromatic nitrogens is 1. The number of urea groups is 1. The summed E-state index contributed by atoms with van der Waals surface area (Å²) >= 11 is 1.45. The lowest BCUT2D eigenvalue weighted by molar-refractivity contribution is -0.127. The Morgan fingerprint density at radius 1 is 1.23 bits per heavy atom. The molecule has 26 heavy (non-hydrogen) atoms. The largest absolute Gasteiger partial charge is 0.326 e. The predicted octanol–water partition coefficient (Wildman–Crippen LogP) is 1.97. The van der Waals surface area contributed by atoms with E-state index in [9.17, 15) is 18.0 Å². The molecule has 3 amide bonds. The van der Waals surface area contributed by atoms with Gasteiger partial charge in [-0.25, -0.2) is 18.2 Å². The molecule has 1 aliphatic heterocycles. The van der Waals surface area contributed by atoms with Gasteiger partial charge in [0.05, 0.1) is 18.0 Å².